The Kier molecular flexibility index (Phi) is 7.83. The third-order valence-electron chi connectivity index (χ3n) is 4.82. The number of carboxylic acid groups (broad SMARTS) is 1. The number of aliphatic carboxylic acids is 1. The van der Waals surface area contributed by atoms with Crippen LogP contribution >= 0.6 is 24.0 Å². The van der Waals surface area contributed by atoms with E-state index in [1.807, 2.05) is 0 Å². The second-order valence-electron chi connectivity index (χ2n) is 6.82. The Bertz CT molecular complexity index is 1120. The normalized spacial score (nSPS) is 15.5. The van der Waals surface area contributed by atoms with E-state index in [4.69, 9.17) is 31.2 Å². The lowest BCUT2D eigenvalue weighted by Crippen LogP contribution is -2.27. The van der Waals surface area contributed by atoms with E-state index in [-0.39, 0.29) is 5.91 Å². The summed E-state index contributed by atoms with van der Waals surface area (Å²) in [6, 6.07) is 10.1. The summed E-state index contributed by atoms with van der Waals surface area (Å²) in [6.07, 6.45) is 1.01. The summed E-state index contributed by atoms with van der Waals surface area (Å²) in [7, 11) is 4.52. The van der Waals surface area contributed by atoms with Gasteiger partial charge in [-0.3, -0.25) is 9.69 Å². The largest absolute Gasteiger partial charge is 0.497 e. The number of anilines is 1. The molecule has 3 rings (SSSR count). The van der Waals surface area contributed by atoms with Crippen LogP contribution in [-0.2, 0) is 9.59 Å². The van der Waals surface area contributed by atoms with Crippen LogP contribution in [0.1, 0.15) is 18.9 Å². The van der Waals surface area contributed by atoms with Gasteiger partial charge in [-0.15, -0.1) is 0 Å². The molecule has 0 aromatic heterocycles. The van der Waals surface area contributed by atoms with Crippen LogP contribution in [0.4, 0.5) is 5.69 Å². The van der Waals surface area contributed by atoms with E-state index in [0.29, 0.717) is 49.9 Å². The molecule has 2 aromatic rings. The average molecular weight is 490 g/mol. The number of ether oxygens (including phenoxy) is 4. The molecule has 0 spiro atoms. The van der Waals surface area contributed by atoms with Gasteiger partial charge in [0.2, 0.25) is 0 Å². The first-order valence-electron chi connectivity index (χ1n) is 9.90. The number of carboxylic acids is 1. The maximum atomic E-state index is 13.2. The fourth-order valence-electron chi connectivity index (χ4n) is 3.13. The molecular weight excluding hydrogens is 466 g/mol. The molecule has 1 N–H and O–H groups in total. The minimum absolute atomic E-state index is 0.287. The molecule has 0 radical (unpaired) electrons. The molecule has 1 unspecified atom stereocenters. The Morgan fingerprint density at radius 2 is 1.82 bits per heavy atom. The number of hydrogen-bond donors (Lipinski definition) is 1. The Hall–Kier alpha value is -3.24. The van der Waals surface area contributed by atoms with Gasteiger partial charge < -0.3 is 24.1 Å². The van der Waals surface area contributed by atoms with Gasteiger partial charge in [0.15, 0.2) is 21.9 Å². The molecule has 8 nitrogen and oxygen atoms in total. The number of rotatable bonds is 9. The van der Waals surface area contributed by atoms with E-state index in [0.717, 1.165) is 0 Å². The summed E-state index contributed by atoms with van der Waals surface area (Å²) in [5.74, 6) is 0.374. The molecule has 10 heteroatoms. The standard InChI is InChI=1S/C23H23NO7S2/c1-5-16(22(26)27)31-17-9-6-13(10-19(17)30-4)11-20-21(25)24(23(32)33-20)15-8-7-14(28-2)12-18(15)29-3/h6-12,16H,5H2,1-4H3,(H,26,27)/b20-11+. The van der Waals surface area contributed by atoms with Crippen molar-refractivity contribution >= 4 is 51.9 Å². The van der Waals surface area contributed by atoms with Crippen molar-refractivity contribution in [3.63, 3.8) is 0 Å². The maximum Gasteiger partial charge on any atom is 0.344 e. The van der Waals surface area contributed by atoms with Crippen molar-refractivity contribution in [1.29, 1.82) is 0 Å². The number of hydrogen-bond acceptors (Lipinski definition) is 8. The van der Waals surface area contributed by atoms with Gasteiger partial charge in [-0.1, -0.05) is 37.0 Å². The zero-order valence-corrected chi connectivity index (χ0v) is 20.1. The number of benzene rings is 2. The highest BCUT2D eigenvalue weighted by Crippen LogP contribution is 2.41. The van der Waals surface area contributed by atoms with Gasteiger partial charge >= 0.3 is 5.97 Å². The number of carbonyl (C=O) groups is 2. The first kappa shape index (κ1) is 24.4. The van der Waals surface area contributed by atoms with Crippen molar-refractivity contribution < 1.29 is 33.6 Å². The molecule has 174 valence electrons. The number of thiocarbonyl (C=S) groups is 1. The summed E-state index contributed by atoms with van der Waals surface area (Å²) in [5.41, 5.74) is 1.19. The highest BCUT2D eigenvalue weighted by atomic mass is 32.2. The number of methoxy groups -OCH3 is 3. The van der Waals surface area contributed by atoms with Gasteiger partial charge in [0.25, 0.3) is 5.91 Å². The van der Waals surface area contributed by atoms with E-state index >= 15 is 0 Å². The SMILES string of the molecule is CCC(Oc1ccc(/C=C2/SC(=S)N(c3ccc(OC)cc3OC)C2=O)cc1OC)C(=O)O. The third kappa shape index (κ3) is 5.23. The van der Waals surface area contributed by atoms with Crippen molar-refractivity contribution in [2.75, 3.05) is 26.2 Å². The summed E-state index contributed by atoms with van der Waals surface area (Å²) in [4.78, 5) is 26.3. The zero-order chi connectivity index (χ0) is 24.1. The Labute approximate surface area is 201 Å². The molecule has 33 heavy (non-hydrogen) atoms. The summed E-state index contributed by atoms with van der Waals surface area (Å²) >= 11 is 6.63. The van der Waals surface area contributed by atoms with Crippen LogP contribution in [-0.4, -0.2) is 48.7 Å². The van der Waals surface area contributed by atoms with Gasteiger partial charge in [0, 0.05) is 6.07 Å². The second kappa shape index (κ2) is 10.6. The highest BCUT2D eigenvalue weighted by Gasteiger charge is 2.35. The van der Waals surface area contributed by atoms with E-state index in [2.05, 4.69) is 0 Å². The Morgan fingerprint density at radius 1 is 1.09 bits per heavy atom. The first-order chi connectivity index (χ1) is 15.8. The molecule has 1 heterocycles. The van der Waals surface area contributed by atoms with Crippen LogP contribution < -0.4 is 23.8 Å². The molecule has 1 fully saturated rings. The molecule has 2 aromatic carbocycles. The van der Waals surface area contributed by atoms with E-state index in [1.54, 1.807) is 56.5 Å². The Balaban J connectivity index is 1.90. The molecule has 1 saturated heterocycles. The molecule has 0 bridgehead atoms. The quantitative estimate of drug-likeness (QED) is 0.407. The summed E-state index contributed by atoms with van der Waals surface area (Å²) in [6.45, 7) is 1.72. The minimum atomic E-state index is -1.05. The highest BCUT2D eigenvalue weighted by molar-refractivity contribution is 8.27. The molecule has 1 aliphatic heterocycles. The van der Waals surface area contributed by atoms with Gasteiger partial charge in [-0.2, -0.15) is 0 Å². The van der Waals surface area contributed by atoms with Crippen LogP contribution in [0.5, 0.6) is 23.0 Å². The van der Waals surface area contributed by atoms with Gasteiger partial charge in [0.05, 0.1) is 31.9 Å². The van der Waals surface area contributed by atoms with Crippen LogP contribution in [0.2, 0.25) is 0 Å². The lowest BCUT2D eigenvalue weighted by Gasteiger charge is -2.18. The number of amides is 1. The molecular formula is C23H23NO7S2. The fraction of sp³-hybridized carbons (Fsp3) is 0.261. The van der Waals surface area contributed by atoms with Gasteiger partial charge in [-0.25, -0.2) is 4.79 Å². The average Bonchev–Trinajstić information content (AvgIpc) is 3.09. The van der Waals surface area contributed by atoms with Crippen molar-refractivity contribution in [3.8, 4) is 23.0 Å². The lowest BCUT2D eigenvalue weighted by atomic mass is 10.1. The van der Waals surface area contributed by atoms with Crippen LogP contribution in [0.25, 0.3) is 6.08 Å². The predicted molar refractivity (Wildman–Crippen MR) is 131 cm³/mol. The maximum absolute atomic E-state index is 13.2. The van der Waals surface area contributed by atoms with E-state index in [1.165, 1.54) is 30.9 Å². The number of carbonyl (C=O) groups excluding carboxylic acids is 1. The molecule has 0 aliphatic carbocycles. The molecule has 1 atom stereocenters. The van der Waals surface area contributed by atoms with E-state index < -0.39 is 12.1 Å². The number of nitrogens with zero attached hydrogens (tertiary/aromatic N) is 1. The van der Waals surface area contributed by atoms with Gasteiger partial charge in [0.1, 0.15) is 11.5 Å². The monoisotopic (exact) mass is 489 g/mol. The third-order valence-corrected chi connectivity index (χ3v) is 6.12. The van der Waals surface area contributed by atoms with Gasteiger partial charge in [-0.05, 0) is 42.3 Å². The molecule has 1 aliphatic rings. The molecule has 0 saturated carbocycles. The predicted octanol–water partition coefficient (Wildman–Crippen LogP) is 4.36. The van der Waals surface area contributed by atoms with Crippen molar-refractivity contribution in [3.05, 3.63) is 46.9 Å². The van der Waals surface area contributed by atoms with Crippen LogP contribution in [0, 0.1) is 0 Å². The Morgan fingerprint density at radius 3 is 2.42 bits per heavy atom. The smallest absolute Gasteiger partial charge is 0.344 e. The topological polar surface area (TPSA) is 94.5 Å². The van der Waals surface area contributed by atoms with Crippen LogP contribution in [0.3, 0.4) is 0 Å². The zero-order valence-electron chi connectivity index (χ0n) is 18.5. The van der Waals surface area contributed by atoms with Crippen molar-refractivity contribution in [2.45, 2.75) is 19.4 Å². The van der Waals surface area contributed by atoms with E-state index in [9.17, 15) is 14.7 Å². The fourth-order valence-corrected chi connectivity index (χ4v) is 4.41. The van der Waals surface area contributed by atoms with Crippen molar-refractivity contribution in [1.82, 2.24) is 0 Å². The summed E-state index contributed by atoms with van der Waals surface area (Å²) in [5, 5.41) is 9.23. The second-order valence-corrected chi connectivity index (χ2v) is 8.49. The number of thioether (sulfide) groups is 1. The lowest BCUT2D eigenvalue weighted by molar-refractivity contribution is -0.145. The minimum Gasteiger partial charge on any atom is -0.497 e. The van der Waals surface area contributed by atoms with Crippen LogP contribution in [0.15, 0.2) is 41.3 Å². The van der Waals surface area contributed by atoms with Crippen molar-refractivity contribution in [2.24, 2.45) is 0 Å². The molecule has 1 amide bonds. The summed E-state index contributed by atoms with van der Waals surface area (Å²) < 4.78 is 21.9. The first-order valence-corrected chi connectivity index (χ1v) is 11.1.